The van der Waals surface area contributed by atoms with Crippen LogP contribution >= 0.6 is 0 Å². The summed E-state index contributed by atoms with van der Waals surface area (Å²) >= 11 is 0. The lowest BCUT2D eigenvalue weighted by molar-refractivity contribution is -0.0161. The van der Waals surface area contributed by atoms with Crippen LogP contribution in [0.25, 0.3) is 0 Å². The number of hydrogen-bond donors (Lipinski definition) is 1. The van der Waals surface area contributed by atoms with Crippen LogP contribution < -0.4 is 5.73 Å². The number of ether oxygens (including phenoxy) is 1. The molecule has 0 aliphatic heterocycles. The van der Waals surface area contributed by atoms with Gasteiger partial charge in [-0.1, -0.05) is 26.2 Å². The number of nitrogens with two attached hydrogens (primary N) is 1. The summed E-state index contributed by atoms with van der Waals surface area (Å²) in [6.07, 6.45) is 7.05. The summed E-state index contributed by atoms with van der Waals surface area (Å²) in [4.78, 5) is 0. The summed E-state index contributed by atoms with van der Waals surface area (Å²) in [5.74, 6) is 0.785. The second-order valence-electron chi connectivity index (χ2n) is 4.30. The second kappa shape index (κ2) is 5.61. The standard InChI is InChI=1S/C11H23NO/c1-3-10-6-4-5-7-11(10)13-8-9(2)12/h9-11H,3-8,12H2,1-2H3. The molecular weight excluding hydrogens is 162 g/mol. The number of rotatable bonds is 4. The van der Waals surface area contributed by atoms with E-state index in [1.807, 2.05) is 6.92 Å². The first kappa shape index (κ1) is 11.0. The molecule has 2 N–H and O–H groups in total. The molecule has 0 saturated heterocycles. The molecule has 0 spiro atoms. The van der Waals surface area contributed by atoms with Crippen molar-refractivity contribution in [3.63, 3.8) is 0 Å². The zero-order valence-electron chi connectivity index (χ0n) is 8.96. The second-order valence-corrected chi connectivity index (χ2v) is 4.30. The molecule has 1 aliphatic rings. The van der Waals surface area contributed by atoms with E-state index in [2.05, 4.69) is 6.92 Å². The predicted octanol–water partition coefficient (Wildman–Crippen LogP) is 2.32. The van der Waals surface area contributed by atoms with E-state index in [4.69, 9.17) is 10.5 Å². The highest BCUT2D eigenvalue weighted by atomic mass is 16.5. The first-order valence-electron chi connectivity index (χ1n) is 5.61. The molecule has 78 valence electrons. The van der Waals surface area contributed by atoms with Gasteiger partial charge in [-0.25, -0.2) is 0 Å². The van der Waals surface area contributed by atoms with Crippen molar-refractivity contribution in [1.82, 2.24) is 0 Å². The topological polar surface area (TPSA) is 35.2 Å². The van der Waals surface area contributed by atoms with E-state index in [0.717, 1.165) is 12.5 Å². The molecule has 3 unspecified atom stereocenters. The summed E-state index contributed by atoms with van der Waals surface area (Å²) in [7, 11) is 0. The first-order valence-corrected chi connectivity index (χ1v) is 5.61. The van der Waals surface area contributed by atoms with Gasteiger partial charge < -0.3 is 10.5 Å². The van der Waals surface area contributed by atoms with Gasteiger partial charge in [0.2, 0.25) is 0 Å². The molecule has 2 nitrogen and oxygen atoms in total. The Labute approximate surface area is 81.8 Å². The average Bonchev–Trinajstić information content (AvgIpc) is 2.15. The Morgan fingerprint density at radius 3 is 2.69 bits per heavy atom. The van der Waals surface area contributed by atoms with Crippen LogP contribution in [0.15, 0.2) is 0 Å². The van der Waals surface area contributed by atoms with Gasteiger partial charge in [-0.05, 0) is 25.7 Å². The minimum Gasteiger partial charge on any atom is -0.376 e. The third kappa shape index (κ3) is 3.65. The molecule has 1 aliphatic carbocycles. The van der Waals surface area contributed by atoms with Crippen LogP contribution in [0.3, 0.4) is 0 Å². The molecule has 0 heterocycles. The van der Waals surface area contributed by atoms with Crippen LogP contribution in [-0.4, -0.2) is 18.8 Å². The van der Waals surface area contributed by atoms with E-state index >= 15 is 0 Å². The van der Waals surface area contributed by atoms with Crippen LogP contribution in [0.2, 0.25) is 0 Å². The van der Waals surface area contributed by atoms with Gasteiger partial charge in [-0.15, -0.1) is 0 Å². The highest BCUT2D eigenvalue weighted by molar-refractivity contribution is 4.75. The SMILES string of the molecule is CCC1CCCCC1OCC(C)N. The normalized spacial score (nSPS) is 31.6. The molecule has 1 rings (SSSR count). The van der Waals surface area contributed by atoms with Crippen LogP contribution in [0, 0.1) is 5.92 Å². The Hall–Kier alpha value is -0.0800. The van der Waals surface area contributed by atoms with Crippen LogP contribution in [-0.2, 0) is 4.74 Å². The summed E-state index contributed by atoms with van der Waals surface area (Å²) in [6, 6.07) is 0.180. The summed E-state index contributed by atoms with van der Waals surface area (Å²) in [5.41, 5.74) is 5.67. The molecule has 3 atom stereocenters. The summed E-state index contributed by atoms with van der Waals surface area (Å²) in [5, 5.41) is 0. The van der Waals surface area contributed by atoms with E-state index in [1.54, 1.807) is 0 Å². The largest absolute Gasteiger partial charge is 0.376 e. The van der Waals surface area contributed by atoms with Gasteiger partial charge in [0, 0.05) is 6.04 Å². The van der Waals surface area contributed by atoms with Crippen molar-refractivity contribution in [3.8, 4) is 0 Å². The zero-order chi connectivity index (χ0) is 9.68. The highest BCUT2D eigenvalue weighted by Crippen LogP contribution is 2.28. The fourth-order valence-corrected chi connectivity index (χ4v) is 2.14. The quantitative estimate of drug-likeness (QED) is 0.729. The Morgan fingerprint density at radius 1 is 1.38 bits per heavy atom. The smallest absolute Gasteiger partial charge is 0.0618 e. The predicted molar refractivity (Wildman–Crippen MR) is 55.6 cm³/mol. The molecular formula is C11H23NO. The Morgan fingerprint density at radius 2 is 2.08 bits per heavy atom. The number of hydrogen-bond acceptors (Lipinski definition) is 2. The lowest BCUT2D eigenvalue weighted by atomic mass is 9.85. The lowest BCUT2D eigenvalue weighted by Crippen LogP contribution is -2.32. The van der Waals surface area contributed by atoms with E-state index < -0.39 is 0 Å². The molecule has 1 fully saturated rings. The molecule has 0 amide bonds. The summed E-state index contributed by atoms with van der Waals surface area (Å²) < 4.78 is 5.82. The van der Waals surface area contributed by atoms with Crippen molar-refractivity contribution in [2.45, 2.75) is 58.1 Å². The van der Waals surface area contributed by atoms with E-state index in [1.165, 1.54) is 32.1 Å². The first-order chi connectivity index (χ1) is 6.24. The monoisotopic (exact) mass is 185 g/mol. The summed E-state index contributed by atoms with van der Waals surface area (Å²) in [6.45, 7) is 4.99. The van der Waals surface area contributed by atoms with Crippen molar-refractivity contribution < 1.29 is 4.74 Å². The molecule has 0 aromatic rings. The van der Waals surface area contributed by atoms with Crippen LogP contribution in [0.4, 0.5) is 0 Å². The maximum absolute atomic E-state index is 5.82. The minimum atomic E-state index is 0.180. The zero-order valence-corrected chi connectivity index (χ0v) is 8.96. The van der Waals surface area contributed by atoms with Gasteiger partial charge in [-0.3, -0.25) is 0 Å². The van der Waals surface area contributed by atoms with E-state index in [-0.39, 0.29) is 6.04 Å². The maximum atomic E-state index is 5.82. The Kier molecular flexibility index (Phi) is 4.74. The maximum Gasteiger partial charge on any atom is 0.0618 e. The van der Waals surface area contributed by atoms with Crippen molar-refractivity contribution in [1.29, 1.82) is 0 Å². The van der Waals surface area contributed by atoms with Gasteiger partial charge >= 0.3 is 0 Å². The molecule has 13 heavy (non-hydrogen) atoms. The fourth-order valence-electron chi connectivity index (χ4n) is 2.14. The van der Waals surface area contributed by atoms with Crippen molar-refractivity contribution >= 4 is 0 Å². The van der Waals surface area contributed by atoms with E-state index in [0.29, 0.717) is 6.10 Å². The van der Waals surface area contributed by atoms with Crippen molar-refractivity contribution in [3.05, 3.63) is 0 Å². The van der Waals surface area contributed by atoms with Crippen LogP contribution in [0.5, 0.6) is 0 Å². The van der Waals surface area contributed by atoms with E-state index in [9.17, 15) is 0 Å². The van der Waals surface area contributed by atoms with Gasteiger partial charge in [0.1, 0.15) is 0 Å². The highest BCUT2D eigenvalue weighted by Gasteiger charge is 2.24. The molecule has 0 aromatic heterocycles. The van der Waals surface area contributed by atoms with Crippen LogP contribution in [0.1, 0.15) is 46.0 Å². The van der Waals surface area contributed by atoms with Crippen molar-refractivity contribution in [2.24, 2.45) is 11.7 Å². The van der Waals surface area contributed by atoms with Gasteiger partial charge in [0.25, 0.3) is 0 Å². The van der Waals surface area contributed by atoms with Gasteiger partial charge in [0.15, 0.2) is 0 Å². The Bertz CT molecular complexity index is 136. The third-order valence-electron chi connectivity index (χ3n) is 2.94. The lowest BCUT2D eigenvalue weighted by Gasteiger charge is -2.31. The van der Waals surface area contributed by atoms with Gasteiger partial charge in [-0.2, -0.15) is 0 Å². The third-order valence-corrected chi connectivity index (χ3v) is 2.94. The molecule has 2 heteroatoms. The van der Waals surface area contributed by atoms with Crippen molar-refractivity contribution in [2.75, 3.05) is 6.61 Å². The molecule has 0 bridgehead atoms. The molecule has 0 aromatic carbocycles. The van der Waals surface area contributed by atoms with Gasteiger partial charge in [0.05, 0.1) is 12.7 Å². The molecule has 0 radical (unpaired) electrons. The average molecular weight is 185 g/mol. The molecule has 1 saturated carbocycles. The minimum absolute atomic E-state index is 0.180. The fraction of sp³-hybridized carbons (Fsp3) is 1.00. The Balaban J connectivity index is 2.27.